The lowest BCUT2D eigenvalue weighted by Gasteiger charge is -2.59. The Bertz CT molecular complexity index is 1170. The first kappa shape index (κ1) is 38.1. The monoisotopic (exact) mass is 688 g/mol. The van der Waals surface area contributed by atoms with Crippen molar-refractivity contribution >= 4 is 23.9 Å². The summed E-state index contributed by atoms with van der Waals surface area (Å²) in [7, 11) is 0. The van der Waals surface area contributed by atoms with Gasteiger partial charge in [-0.15, -0.1) is 0 Å². The quantitative estimate of drug-likeness (QED) is 0.196. The predicted molar refractivity (Wildman–Crippen MR) is 184 cm³/mol. The van der Waals surface area contributed by atoms with Gasteiger partial charge in [0.05, 0.1) is 30.0 Å². The Morgan fingerprint density at radius 1 is 0.735 bits per heavy atom. The van der Waals surface area contributed by atoms with Crippen molar-refractivity contribution < 1.29 is 43.2 Å². The van der Waals surface area contributed by atoms with E-state index >= 15 is 0 Å². The maximum Gasteiger partial charge on any atom is 0.347 e. The molecule has 8 saturated carbocycles. The minimum absolute atomic E-state index is 0.0207. The highest BCUT2D eigenvalue weighted by molar-refractivity contribution is 5.81. The van der Waals surface area contributed by atoms with E-state index in [1.807, 2.05) is 27.7 Å². The van der Waals surface area contributed by atoms with Gasteiger partial charge in [0.1, 0.15) is 11.2 Å². The fraction of sp³-hybridized carbons (Fsp3) is 0.900. The Kier molecular flexibility index (Phi) is 11.8. The molecule has 0 radical (unpaired) electrons. The minimum atomic E-state index is -0.665. The van der Waals surface area contributed by atoms with Crippen molar-refractivity contribution in [1.29, 1.82) is 0 Å². The van der Waals surface area contributed by atoms with Gasteiger partial charge >= 0.3 is 23.9 Å². The lowest BCUT2D eigenvalue weighted by Crippen LogP contribution is -2.60. The molecule has 6 unspecified atom stereocenters. The fourth-order valence-electron chi connectivity index (χ4n) is 10.5. The van der Waals surface area contributed by atoms with E-state index in [-0.39, 0.29) is 46.9 Å². The predicted octanol–water partition coefficient (Wildman–Crippen LogP) is 7.34. The standard InChI is InChI=1S/C16H26O2.C15H24O3.C9H14O4/c1-4-10(2)15(17)18-16(3)13-6-11-5-12(8-13)9-14(16)7-11;1-3-10(2)13(16)18-15-7-11-4-12(8-15)6-14(17,5-11)9-15;1-3-6(2)8(10)13-7-4-5-12-9(7)11/h10-14H,4-9H2,1-3H3;10-12,17H,3-9H2,1-2H3;6-7H,3-5H2,1-2H3. The zero-order valence-corrected chi connectivity index (χ0v) is 31.3. The van der Waals surface area contributed by atoms with Gasteiger partial charge in [0.2, 0.25) is 6.10 Å². The molecule has 0 aromatic rings. The number of ether oxygens (including phenoxy) is 4. The van der Waals surface area contributed by atoms with Gasteiger partial charge in [-0.25, -0.2) is 4.79 Å². The van der Waals surface area contributed by atoms with Crippen molar-refractivity contribution in [2.75, 3.05) is 6.61 Å². The molecule has 1 heterocycles. The van der Waals surface area contributed by atoms with E-state index in [4.69, 9.17) is 14.2 Å². The molecule has 8 bridgehead atoms. The molecule has 0 aromatic carbocycles. The molecule has 1 aliphatic heterocycles. The van der Waals surface area contributed by atoms with Gasteiger partial charge in [-0.1, -0.05) is 41.5 Å². The first-order valence-corrected chi connectivity index (χ1v) is 19.7. The van der Waals surface area contributed by atoms with E-state index in [0.717, 1.165) is 56.8 Å². The Labute approximate surface area is 294 Å². The van der Waals surface area contributed by atoms with E-state index in [1.165, 1.54) is 38.5 Å². The Balaban J connectivity index is 0.000000146. The van der Waals surface area contributed by atoms with Crippen LogP contribution in [0.5, 0.6) is 0 Å². The molecule has 9 heteroatoms. The Hall–Kier alpha value is -2.16. The molecule has 8 aliphatic carbocycles. The summed E-state index contributed by atoms with van der Waals surface area (Å²) >= 11 is 0. The third-order valence-corrected chi connectivity index (χ3v) is 13.6. The van der Waals surface area contributed by atoms with Crippen LogP contribution >= 0.6 is 0 Å². The van der Waals surface area contributed by atoms with Crippen LogP contribution in [-0.4, -0.2) is 58.5 Å². The molecular formula is C40H64O9. The smallest absolute Gasteiger partial charge is 0.347 e. The highest BCUT2D eigenvalue weighted by Crippen LogP contribution is 2.60. The summed E-state index contributed by atoms with van der Waals surface area (Å²) in [5, 5.41) is 10.6. The van der Waals surface area contributed by atoms with Gasteiger partial charge < -0.3 is 24.1 Å². The SMILES string of the molecule is CCC(C)C(=O)OC1(C)C2CC3CC(C2)CC1C3.CCC(C)C(=O)OC12CC3CC(CC(O)(C3)C1)C2.CCC(C)C(=O)OC1CCOC1=O. The molecule has 9 rings (SSSR count). The largest absolute Gasteiger partial charge is 0.463 e. The highest BCUT2D eigenvalue weighted by Gasteiger charge is 2.59. The Morgan fingerprint density at radius 2 is 1.20 bits per heavy atom. The number of carbonyl (C=O) groups is 4. The summed E-state index contributed by atoms with van der Waals surface area (Å²) in [4.78, 5) is 46.4. The van der Waals surface area contributed by atoms with E-state index in [2.05, 4.69) is 18.6 Å². The lowest BCUT2D eigenvalue weighted by atomic mass is 9.50. The number of cyclic esters (lactones) is 1. The average molecular weight is 689 g/mol. The molecule has 9 aliphatic rings. The van der Waals surface area contributed by atoms with Crippen LogP contribution in [0.1, 0.15) is 145 Å². The van der Waals surface area contributed by atoms with Crippen LogP contribution in [0, 0.1) is 53.3 Å². The average Bonchev–Trinajstić information content (AvgIpc) is 3.44. The summed E-state index contributed by atoms with van der Waals surface area (Å²) in [6.07, 6.45) is 14.6. The molecule has 1 N–H and O–H groups in total. The summed E-state index contributed by atoms with van der Waals surface area (Å²) < 4.78 is 21.5. The van der Waals surface area contributed by atoms with Crippen molar-refractivity contribution in [2.45, 2.75) is 168 Å². The number of hydrogen-bond donors (Lipinski definition) is 1. The third-order valence-electron chi connectivity index (χ3n) is 13.6. The van der Waals surface area contributed by atoms with Crippen LogP contribution in [0.4, 0.5) is 0 Å². The molecule has 6 atom stereocenters. The van der Waals surface area contributed by atoms with E-state index in [0.29, 0.717) is 43.1 Å². The lowest BCUT2D eigenvalue weighted by molar-refractivity contribution is -0.222. The van der Waals surface area contributed by atoms with Crippen LogP contribution in [0.3, 0.4) is 0 Å². The first-order valence-electron chi connectivity index (χ1n) is 19.7. The number of aliphatic hydroxyl groups is 1. The van der Waals surface area contributed by atoms with E-state index < -0.39 is 17.7 Å². The van der Waals surface area contributed by atoms with Gasteiger partial charge in [-0.2, -0.15) is 0 Å². The summed E-state index contributed by atoms with van der Waals surface area (Å²) in [6.45, 7) is 14.3. The molecule has 0 aromatic heterocycles. The van der Waals surface area contributed by atoms with Gasteiger partial charge in [0.25, 0.3) is 0 Å². The molecule has 278 valence electrons. The summed E-state index contributed by atoms with van der Waals surface area (Å²) in [6, 6.07) is 0. The number of hydrogen-bond acceptors (Lipinski definition) is 9. The van der Waals surface area contributed by atoms with Gasteiger partial charge in [-0.3, -0.25) is 14.4 Å². The van der Waals surface area contributed by atoms with Crippen molar-refractivity contribution in [3.63, 3.8) is 0 Å². The molecule has 9 fully saturated rings. The highest BCUT2D eigenvalue weighted by atomic mass is 16.6. The van der Waals surface area contributed by atoms with E-state index in [1.54, 1.807) is 6.92 Å². The van der Waals surface area contributed by atoms with Crippen LogP contribution < -0.4 is 0 Å². The van der Waals surface area contributed by atoms with Crippen molar-refractivity contribution in [3.8, 4) is 0 Å². The molecule has 1 saturated heterocycles. The normalized spacial score (nSPS) is 40.9. The zero-order valence-electron chi connectivity index (χ0n) is 31.3. The minimum Gasteiger partial charge on any atom is -0.463 e. The van der Waals surface area contributed by atoms with Crippen LogP contribution in [0.15, 0.2) is 0 Å². The second-order valence-corrected chi connectivity index (χ2v) is 17.5. The van der Waals surface area contributed by atoms with Crippen LogP contribution in [-0.2, 0) is 38.1 Å². The van der Waals surface area contributed by atoms with Crippen LogP contribution in [0.2, 0.25) is 0 Å². The number of esters is 4. The third kappa shape index (κ3) is 8.49. The van der Waals surface area contributed by atoms with Gasteiger partial charge in [0, 0.05) is 12.8 Å². The molecule has 9 nitrogen and oxygen atoms in total. The van der Waals surface area contributed by atoms with Crippen molar-refractivity contribution in [1.82, 2.24) is 0 Å². The zero-order chi connectivity index (χ0) is 35.7. The molecule has 0 spiro atoms. The fourth-order valence-corrected chi connectivity index (χ4v) is 10.5. The molecule has 49 heavy (non-hydrogen) atoms. The molecular weight excluding hydrogens is 624 g/mol. The second-order valence-electron chi connectivity index (χ2n) is 17.5. The maximum absolute atomic E-state index is 12.1. The van der Waals surface area contributed by atoms with Crippen molar-refractivity contribution in [2.24, 2.45) is 53.3 Å². The summed E-state index contributed by atoms with van der Waals surface area (Å²) in [5.41, 5.74) is -1.02. The first-order chi connectivity index (χ1) is 23.1. The maximum atomic E-state index is 12.1. The summed E-state index contributed by atoms with van der Waals surface area (Å²) in [5.74, 6) is 3.41. The van der Waals surface area contributed by atoms with Crippen LogP contribution in [0.25, 0.3) is 0 Å². The number of rotatable bonds is 9. The number of carbonyl (C=O) groups excluding carboxylic acids is 4. The molecule has 0 amide bonds. The second kappa shape index (κ2) is 15.2. The van der Waals surface area contributed by atoms with Crippen molar-refractivity contribution in [3.05, 3.63) is 0 Å². The topological polar surface area (TPSA) is 125 Å². The van der Waals surface area contributed by atoms with Gasteiger partial charge in [0.15, 0.2) is 0 Å². The Morgan fingerprint density at radius 3 is 1.65 bits per heavy atom. The van der Waals surface area contributed by atoms with E-state index in [9.17, 15) is 24.3 Å². The van der Waals surface area contributed by atoms with Gasteiger partial charge in [-0.05, 0) is 126 Å².